The summed E-state index contributed by atoms with van der Waals surface area (Å²) in [5.41, 5.74) is -0.0577. The van der Waals surface area contributed by atoms with Crippen LogP contribution in [0.3, 0.4) is 0 Å². The molecule has 6 atom stereocenters. The maximum Gasteiger partial charge on any atom is 0.309 e. The molecule has 2 saturated heterocycles. The molecule has 4 aliphatic rings. The van der Waals surface area contributed by atoms with Gasteiger partial charge in [-0.25, -0.2) is 0 Å². The molecule has 0 radical (unpaired) electrons. The molecule has 2 aliphatic carbocycles. The van der Waals surface area contributed by atoms with Gasteiger partial charge in [-0.1, -0.05) is 27.7 Å². The van der Waals surface area contributed by atoms with E-state index in [1.54, 1.807) is 0 Å². The smallest absolute Gasteiger partial charge is 0.309 e. The average Bonchev–Trinajstić information content (AvgIpc) is 3.23. The van der Waals surface area contributed by atoms with Gasteiger partial charge in [0.1, 0.15) is 12.2 Å². The molecule has 4 nitrogen and oxygen atoms in total. The van der Waals surface area contributed by atoms with Gasteiger partial charge in [0.25, 0.3) is 0 Å². The molecule has 20 heavy (non-hydrogen) atoms. The zero-order chi connectivity index (χ0) is 14.3. The monoisotopic (exact) mass is 280 g/mol. The first-order valence-electron chi connectivity index (χ1n) is 7.82. The number of hydrogen-bond acceptors (Lipinski definition) is 4. The third kappa shape index (κ3) is 1.77. The molecule has 0 aromatic heterocycles. The summed E-state index contributed by atoms with van der Waals surface area (Å²) in [6, 6.07) is 0. The van der Waals surface area contributed by atoms with E-state index in [4.69, 9.17) is 14.2 Å². The van der Waals surface area contributed by atoms with Crippen molar-refractivity contribution in [1.82, 2.24) is 0 Å². The summed E-state index contributed by atoms with van der Waals surface area (Å²) in [6.07, 6.45) is 3.90. The minimum absolute atomic E-state index is 0.00995. The van der Waals surface area contributed by atoms with Crippen molar-refractivity contribution in [3.63, 3.8) is 0 Å². The zero-order valence-corrected chi connectivity index (χ0v) is 12.7. The van der Waals surface area contributed by atoms with Crippen molar-refractivity contribution in [2.45, 2.75) is 77.5 Å². The number of epoxide rings is 2. The summed E-state index contributed by atoms with van der Waals surface area (Å²) in [6.45, 7) is 8.68. The van der Waals surface area contributed by atoms with E-state index in [0.717, 1.165) is 19.3 Å². The van der Waals surface area contributed by atoms with Crippen LogP contribution in [0, 0.1) is 16.7 Å². The Morgan fingerprint density at radius 1 is 1.10 bits per heavy atom. The van der Waals surface area contributed by atoms with Crippen molar-refractivity contribution in [3.05, 3.63) is 0 Å². The number of hydrogen-bond donors (Lipinski definition) is 0. The lowest BCUT2D eigenvalue weighted by Gasteiger charge is -2.41. The molecule has 0 aromatic rings. The van der Waals surface area contributed by atoms with Crippen molar-refractivity contribution in [1.29, 1.82) is 0 Å². The van der Waals surface area contributed by atoms with Crippen LogP contribution in [0.2, 0.25) is 0 Å². The second kappa shape index (κ2) is 3.77. The SMILES string of the molecule is CC1(C)CC(C(=O)OC2CCC3OC23)C(C)(C)C2OC21. The number of rotatable bonds is 2. The Hall–Kier alpha value is -0.610. The molecule has 0 amide bonds. The standard InChI is InChI=1S/C16H24O4/c1-15(2)7-8(16(3,4)13-12(15)20-13)14(17)19-10-6-5-9-11(10)18-9/h8-13H,5-7H2,1-4H3. The highest BCUT2D eigenvalue weighted by molar-refractivity contribution is 5.74. The van der Waals surface area contributed by atoms with E-state index < -0.39 is 0 Å². The molecular formula is C16H24O4. The number of carbonyl (C=O) groups is 1. The van der Waals surface area contributed by atoms with Crippen LogP contribution in [-0.4, -0.2) is 36.5 Å². The molecule has 4 rings (SSSR count). The van der Waals surface area contributed by atoms with Crippen LogP contribution >= 0.6 is 0 Å². The second-order valence-corrected chi connectivity index (χ2v) is 8.24. The number of fused-ring (bicyclic) bond motifs is 2. The third-order valence-corrected chi connectivity index (χ3v) is 5.90. The Morgan fingerprint density at radius 2 is 1.85 bits per heavy atom. The first kappa shape index (κ1) is 13.1. The summed E-state index contributed by atoms with van der Waals surface area (Å²) < 4.78 is 17.1. The van der Waals surface area contributed by atoms with E-state index in [0.29, 0.717) is 12.2 Å². The highest BCUT2D eigenvalue weighted by Gasteiger charge is 2.65. The van der Waals surface area contributed by atoms with Crippen molar-refractivity contribution >= 4 is 5.97 Å². The van der Waals surface area contributed by atoms with Crippen LogP contribution < -0.4 is 0 Å². The van der Waals surface area contributed by atoms with Gasteiger partial charge in [0, 0.05) is 5.41 Å². The molecular weight excluding hydrogens is 256 g/mol. The van der Waals surface area contributed by atoms with Gasteiger partial charge in [-0.3, -0.25) is 4.79 Å². The molecule has 112 valence electrons. The van der Waals surface area contributed by atoms with E-state index in [1.165, 1.54) is 0 Å². The Kier molecular flexibility index (Phi) is 2.47. The molecule has 2 saturated carbocycles. The summed E-state index contributed by atoms with van der Waals surface area (Å²) in [4.78, 5) is 12.7. The largest absolute Gasteiger partial charge is 0.459 e. The van der Waals surface area contributed by atoms with Gasteiger partial charge in [-0.2, -0.15) is 0 Å². The maximum absolute atomic E-state index is 12.7. The van der Waals surface area contributed by atoms with Gasteiger partial charge >= 0.3 is 5.97 Å². The quantitative estimate of drug-likeness (QED) is 0.575. The van der Waals surface area contributed by atoms with Gasteiger partial charge in [0.05, 0.1) is 24.2 Å². The van der Waals surface area contributed by atoms with Crippen LogP contribution in [0.1, 0.15) is 47.0 Å². The van der Waals surface area contributed by atoms with Crippen LogP contribution in [0.25, 0.3) is 0 Å². The van der Waals surface area contributed by atoms with Gasteiger partial charge < -0.3 is 14.2 Å². The lowest BCUT2D eigenvalue weighted by molar-refractivity contribution is -0.162. The second-order valence-electron chi connectivity index (χ2n) is 8.24. The van der Waals surface area contributed by atoms with E-state index in [-0.39, 0.29) is 41.0 Å². The van der Waals surface area contributed by atoms with E-state index in [9.17, 15) is 4.79 Å². The molecule has 2 heterocycles. The first-order chi connectivity index (χ1) is 9.30. The van der Waals surface area contributed by atoms with Crippen molar-refractivity contribution in [2.75, 3.05) is 0 Å². The summed E-state index contributed by atoms with van der Waals surface area (Å²) in [5.74, 6) is -0.114. The lowest BCUT2D eigenvalue weighted by atomic mass is 9.60. The normalized spacial score (nSPS) is 50.0. The van der Waals surface area contributed by atoms with Gasteiger partial charge in [-0.15, -0.1) is 0 Å². The summed E-state index contributed by atoms with van der Waals surface area (Å²) >= 11 is 0. The van der Waals surface area contributed by atoms with Crippen LogP contribution in [0.4, 0.5) is 0 Å². The van der Waals surface area contributed by atoms with Gasteiger partial charge in [-0.05, 0) is 24.7 Å². The zero-order valence-electron chi connectivity index (χ0n) is 12.7. The van der Waals surface area contributed by atoms with Crippen molar-refractivity contribution in [2.24, 2.45) is 16.7 Å². The van der Waals surface area contributed by atoms with E-state index in [1.807, 2.05) is 0 Å². The van der Waals surface area contributed by atoms with Crippen LogP contribution in [0.5, 0.6) is 0 Å². The van der Waals surface area contributed by atoms with E-state index >= 15 is 0 Å². The molecule has 6 unspecified atom stereocenters. The summed E-state index contributed by atoms with van der Waals surface area (Å²) in [5, 5.41) is 0. The fourth-order valence-corrected chi connectivity index (χ4v) is 4.33. The van der Waals surface area contributed by atoms with Gasteiger partial charge in [0.15, 0.2) is 0 Å². The van der Waals surface area contributed by atoms with Crippen molar-refractivity contribution in [3.8, 4) is 0 Å². The molecule has 0 spiro atoms. The number of esters is 1. The predicted molar refractivity (Wildman–Crippen MR) is 72.1 cm³/mol. The van der Waals surface area contributed by atoms with Crippen molar-refractivity contribution < 1.29 is 19.0 Å². The highest BCUT2D eigenvalue weighted by atomic mass is 16.6. The molecule has 0 bridgehead atoms. The Labute approximate surface area is 120 Å². The number of carbonyl (C=O) groups excluding carboxylic acids is 1. The first-order valence-corrected chi connectivity index (χ1v) is 7.82. The van der Waals surface area contributed by atoms with Crippen LogP contribution in [-0.2, 0) is 19.0 Å². The maximum atomic E-state index is 12.7. The van der Waals surface area contributed by atoms with E-state index in [2.05, 4.69) is 27.7 Å². The minimum atomic E-state index is -0.125. The summed E-state index contributed by atoms with van der Waals surface area (Å²) in [7, 11) is 0. The topological polar surface area (TPSA) is 51.4 Å². The fourth-order valence-electron chi connectivity index (χ4n) is 4.33. The third-order valence-electron chi connectivity index (χ3n) is 5.90. The molecule has 0 N–H and O–H groups in total. The molecule has 4 heteroatoms. The molecule has 0 aromatic carbocycles. The number of ether oxygens (including phenoxy) is 3. The Morgan fingerprint density at radius 3 is 2.45 bits per heavy atom. The molecule has 2 aliphatic heterocycles. The predicted octanol–water partition coefficient (Wildman–Crippen LogP) is 2.30. The van der Waals surface area contributed by atoms with Crippen LogP contribution in [0.15, 0.2) is 0 Å². The van der Waals surface area contributed by atoms with Gasteiger partial charge in [0.2, 0.25) is 0 Å². The Bertz CT molecular complexity index is 455. The fraction of sp³-hybridized carbons (Fsp3) is 0.938. The Balaban J connectivity index is 1.49. The minimum Gasteiger partial charge on any atom is -0.459 e. The lowest BCUT2D eigenvalue weighted by Crippen LogP contribution is -2.47. The highest BCUT2D eigenvalue weighted by Crippen LogP contribution is 2.59. The molecule has 4 fully saturated rings. The average molecular weight is 280 g/mol.